The van der Waals surface area contributed by atoms with Gasteiger partial charge in [0.15, 0.2) is 11.4 Å². The molecule has 2 N–H and O–H groups in total. The van der Waals surface area contributed by atoms with Crippen molar-refractivity contribution in [3.05, 3.63) is 53.1 Å². The zero-order chi connectivity index (χ0) is 20.9. The molecule has 0 radical (unpaired) electrons. The number of halogens is 2. The molecule has 0 saturated heterocycles. The highest BCUT2D eigenvalue weighted by Crippen LogP contribution is 2.69. The van der Waals surface area contributed by atoms with Gasteiger partial charge in [0.05, 0.1) is 16.8 Å². The second-order valence-electron chi connectivity index (χ2n) is 8.38. The van der Waals surface area contributed by atoms with Crippen LogP contribution < -0.4 is 10.1 Å². The fraction of sp³-hybridized carbons (Fsp3) is 0.333. The number of carbonyl (C=O) groups excluding carboxylic acids is 2. The van der Waals surface area contributed by atoms with E-state index in [0.717, 1.165) is 30.7 Å². The standard InChI is InChI=1S/C21H18ClFN4O3/c22-16-2-1-15(4-17(16)23)30-8-14(28)5-20-9-21(10-20,11-20)26-19(29)13-3-12-7-25-27-18(12)24-6-13/h1-4,6-7H,5,8-11H2,(H,26,29)(H,24,25,27). The molecule has 3 fully saturated rings. The van der Waals surface area contributed by atoms with Crippen LogP contribution in [0.5, 0.6) is 5.75 Å². The number of carbonyl (C=O) groups is 2. The maximum Gasteiger partial charge on any atom is 0.253 e. The Kier molecular flexibility index (Phi) is 4.28. The van der Waals surface area contributed by atoms with Crippen LogP contribution in [-0.4, -0.2) is 39.0 Å². The van der Waals surface area contributed by atoms with Gasteiger partial charge in [0.1, 0.15) is 18.2 Å². The first-order chi connectivity index (χ1) is 14.4. The van der Waals surface area contributed by atoms with Crippen LogP contribution in [0.25, 0.3) is 11.0 Å². The van der Waals surface area contributed by atoms with Crippen LogP contribution in [0, 0.1) is 11.2 Å². The number of benzene rings is 1. The van der Waals surface area contributed by atoms with Crippen molar-refractivity contribution in [3.63, 3.8) is 0 Å². The molecule has 2 heterocycles. The molecule has 154 valence electrons. The van der Waals surface area contributed by atoms with Gasteiger partial charge in [-0.05, 0) is 42.9 Å². The van der Waals surface area contributed by atoms with Crippen LogP contribution in [0.3, 0.4) is 0 Å². The Morgan fingerprint density at radius 2 is 2.03 bits per heavy atom. The van der Waals surface area contributed by atoms with E-state index in [1.165, 1.54) is 18.3 Å². The number of aromatic amines is 1. The summed E-state index contributed by atoms with van der Waals surface area (Å²) in [7, 11) is 0. The molecule has 3 aromatic rings. The van der Waals surface area contributed by atoms with Crippen molar-refractivity contribution >= 4 is 34.3 Å². The number of amides is 1. The molecule has 30 heavy (non-hydrogen) atoms. The minimum atomic E-state index is -0.583. The van der Waals surface area contributed by atoms with Crippen LogP contribution >= 0.6 is 11.6 Å². The Hall–Kier alpha value is -3.00. The summed E-state index contributed by atoms with van der Waals surface area (Å²) in [6.45, 7) is -0.113. The third-order valence-electron chi connectivity index (χ3n) is 5.94. The van der Waals surface area contributed by atoms with Crippen molar-refractivity contribution in [2.75, 3.05) is 6.61 Å². The van der Waals surface area contributed by atoms with E-state index in [9.17, 15) is 14.0 Å². The van der Waals surface area contributed by atoms with Gasteiger partial charge in [-0.25, -0.2) is 9.37 Å². The molecule has 2 bridgehead atoms. The van der Waals surface area contributed by atoms with Crippen LogP contribution in [0.4, 0.5) is 4.39 Å². The minimum absolute atomic E-state index is 0.00959. The Morgan fingerprint density at radius 1 is 1.23 bits per heavy atom. The van der Waals surface area contributed by atoms with Gasteiger partial charge in [0.25, 0.3) is 5.91 Å². The summed E-state index contributed by atoms with van der Waals surface area (Å²) in [5.41, 5.74) is 0.828. The lowest BCUT2D eigenvalue weighted by Gasteiger charge is -2.70. The van der Waals surface area contributed by atoms with Crippen molar-refractivity contribution < 1.29 is 18.7 Å². The zero-order valence-electron chi connectivity index (χ0n) is 15.9. The lowest BCUT2D eigenvalue weighted by Crippen LogP contribution is -2.75. The minimum Gasteiger partial charge on any atom is -0.486 e. The van der Waals surface area contributed by atoms with Gasteiger partial charge in [-0.3, -0.25) is 14.7 Å². The number of rotatable bonds is 7. The lowest BCUT2D eigenvalue weighted by molar-refractivity contribution is -0.162. The molecule has 1 aromatic carbocycles. The maximum atomic E-state index is 13.4. The molecule has 3 saturated carbocycles. The number of ether oxygens (including phenoxy) is 1. The van der Waals surface area contributed by atoms with E-state index >= 15 is 0 Å². The number of pyridine rings is 1. The number of ketones is 1. The first kappa shape index (κ1) is 19.0. The first-order valence-corrected chi connectivity index (χ1v) is 9.95. The van der Waals surface area contributed by atoms with E-state index in [-0.39, 0.29) is 40.0 Å². The molecular weight excluding hydrogens is 411 g/mol. The van der Waals surface area contributed by atoms with Gasteiger partial charge in [-0.1, -0.05) is 11.6 Å². The van der Waals surface area contributed by atoms with E-state index in [1.807, 2.05) is 0 Å². The number of H-pyrrole nitrogens is 1. The van der Waals surface area contributed by atoms with Crippen LogP contribution in [-0.2, 0) is 4.79 Å². The van der Waals surface area contributed by atoms with Gasteiger partial charge in [0, 0.05) is 29.6 Å². The van der Waals surface area contributed by atoms with Gasteiger partial charge in [0.2, 0.25) is 0 Å². The van der Waals surface area contributed by atoms with Crippen molar-refractivity contribution in [3.8, 4) is 5.75 Å². The van der Waals surface area contributed by atoms with Crippen LogP contribution in [0.15, 0.2) is 36.7 Å². The second kappa shape index (κ2) is 6.77. The molecular formula is C21H18ClFN4O3. The second-order valence-corrected chi connectivity index (χ2v) is 8.78. The highest BCUT2D eigenvalue weighted by molar-refractivity contribution is 6.30. The summed E-state index contributed by atoms with van der Waals surface area (Å²) < 4.78 is 18.8. The smallest absolute Gasteiger partial charge is 0.253 e. The van der Waals surface area contributed by atoms with E-state index in [1.54, 1.807) is 12.3 Å². The van der Waals surface area contributed by atoms with E-state index in [4.69, 9.17) is 16.3 Å². The zero-order valence-corrected chi connectivity index (χ0v) is 16.6. The normalized spacial score (nSPS) is 24.1. The Labute approximate surface area is 176 Å². The predicted octanol–water partition coefficient (Wildman–Crippen LogP) is 3.44. The molecule has 9 heteroatoms. The quantitative estimate of drug-likeness (QED) is 0.600. The monoisotopic (exact) mass is 428 g/mol. The summed E-state index contributed by atoms with van der Waals surface area (Å²) in [5, 5.41) is 10.5. The van der Waals surface area contributed by atoms with Gasteiger partial charge >= 0.3 is 0 Å². The number of Topliss-reactive ketones (excluding diaryl/α,β-unsaturated/α-hetero) is 1. The fourth-order valence-corrected chi connectivity index (χ4v) is 4.91. The van der Waals surface area contributed by atoms with E-state index < -0.39 is 5.82 Å². The van der Waals surface area contributed by atoms with Crippen molar-refractivity contribution in [2.45, 2.75) is 31.2 Å². The van der Waals surface area contributed by atoms with Crippen molar-refractivity contribution in [1.29, 1.82) is 0 Å². The number of hydrogen-bond donors (Lipinski definition) is 2. The number of fused-ring (bicyclic) bond motifs is 1. The van der Waals surface area contributed by atoms with Gasteiger partial charge in [-0.15, -0.1) is 0 Å². The number of hydrogen-bond acceptors (Lipinski definition) is 5. The Balaban J connectivity index is 1.11. The molecule has 1 amide bonds. The van der Waals surface area contributed by atoms with Crippen molar-refractivity contribution in [2.24, 2.45) is 5.41 Å². The van der Waals surface area contributed by atoms with Crippen molar-refractivity contribution in [1.82, 2.24) is 20.5 Å². The topological polar surface area (TPSA) is 97.0 Å². The van der Waals surface area contributed by atoms with Crippen LogP contribution in [0.2, 0.25) is 5.02 Å². The average molecular weight is 429 g/mol. The summed E-state index contributed by atoms with van der Waals surface area (Å²) in [5.74, 6) is -0.520. The number of aromatic nitrogens is 3. The highest BCUT2D eigenvalue weighted by atomic mass is 35.5. The molecule has 3 aliphatic rings. The Morgan fingerprint density at radius 3 is 2.80 bits per heavy atom. The molecule has 0 aliphatic heterocycles. The highest BCUT2D eigenvalue weighted by Gasteiger charge is 2.68. The SMILES string of the molecule is O=C(COc1ccc(Cl)c(F)c1)CC12CC(NC(=O)c3cnc4[nH]ncc4c3)(C1)C2. The third kappa shape index (κ3) is 3.31. The summed E-state index contributed by atoms with van der Waals surface area (Å²) in [6.07, 6.45) is 5.86. The van der Waals surface area contributed by atoms with Gasteiger partial charge < -0.3 is 10.1 Å². The molecule has 0 atom stereocenters. The summed E-state index contributed by atoms with van der Waals surface area (Å²) >= 11 is 5.64. The molecule has 7 nitrogen and oxygen atoms in total. The summed E-state index contributed by atoms with van der Waals surface area (Å²) in [4.78, 5) is 29.1. The van der Waals surface area contributed by atoms with E-state index in [0.29, 0.717) is 17.6 Å². The molecule has 0 spiro atoms. The first-order valence-electron chi connectivity index (χ1n) is 9.57. The predicted molar refractivity (Wildman–Crippen MR) is 107 cm³/mol. The largest absolute Gasteiger partial charge is 0.486 e. The molecule has 3 aliphatic carbocycles. The molecule has 2 aromatic heterocycles. The molecule has 6 rings (SSSR count). The summed E-state index contributed by atoms with van der Waals surface area (Å²) in [6, 6.07) is 5.84. The Bertz CT molecular complexity index is 1160. The average Bonchev–Trinajstić information content (AvgIpc) is 3.14. The lowest BCUT2D eigenvalue weighted by atomic mass is 9.38. The fourth-order valence-electron chi connectivity index (χ4n) is 4.79. The van der Waals surface area contributed by atoms with E-state index in [2.05, 4.69) is 20.5 Å². The van der Waals surface area contributed by atoms with Crippen LogP contribution in [0.1, 0.15) is 36.0 Å². The maximum absolute atomic E-state index is 13.4. The molecule has 0 unspecified atom stereocenters. The van der Waals surface area contributed by atoms with Gasteiger partial charge in [-0.2, -0.15) is 5.10 Å². The third-order valence-corrected chi connectivity index (χ3v) is 6.24. The number of nitrogens with zero attached hydrogens (tertiary/aromatic N) is 2. The number of nitrogens with one attached hydrogen (secondary N) is 2.